The average Bonchev–Trinajstić information content (AvgIpc) is 2.34. The van der Waals surface area contributed by atoms with Crippen LogP contribution in [-0.2, 0) is 16.8 Å². The van der Waals surface area contributed by atoms with Gasteiger partial charge in [-0.2, -0.15) is 4.36 Å². The monoisotopic (exact) mass is 185 g/mol. The van der Waals surface area contributed by atoms with Crippen LogP contribution in [0, 0.1) is 0 Å². The van der Waals surface area contributed by atoms with E-state index in [4.69, 9.17) is 0 Å². The van der Waals surface area contributed by atoms with Crippen LogP contribution in [0.2, 0.25) is 0 Å². The van der Waals surface area contributed by atoms with E-state index in [1.807, 2.05) is 7.05 Å². The van der Waals surface area contributed by atoms with Crippen molar-refractivity contribution in [3.8, 4) is 0 Å². The molecule has 1 aliphatic rings. The molecule has 0 bridgehead atoms. The lowest BCUT2D eigenvalue weighted by molar-refractivity contribution is 0.662. The lowest BCUT2D eigenvalue weighted by Crippen LogP contribution is -2.23. The summed E-state index contributed by atoms with van der Waals surface area (Å²) in [5.74, 6) is 2.06. The lowest BCUT2D eigenvalue weighted by atomic mass is 10.5. The van der Waals surface area contributed by atoms with E-state index in [1.165, 1.54) is 0 Å². The van der Waals surface area contributed by atoms with Crippen molar-refractivity contribution in [3.63, 3.8) is 0 Å². The molecule has 0 spiro atoms. The van der Waals surface area contributed by atoms with Gasteiger partial charge >= 0.3 is 0 Å². The minimum absolute atomic E-state index is 0.583. The first-order valence-electron chi connectivity index (χ1n) is 3.89. The molecule has 1 fully saturated rings. The summed E-state index contributed by atoms with van der Waals surface area (Å²) < 4.78 is 17.6. The van der Waals surface area contributed by atoms with Crippen molar-refractivity contribution in [2.24, 2.45) is 11.4 Å². The Morgan fingerprint density at radius 1 is 1.67 bits per heavy atom. The van der Waals surface area contributed by atoms with E-state index in [9.17, 15) is 4.21 Å². The molecule has 0 atom stereocenters. The van der Waals surface area contributed by atoms with Crippen molar-refractivity contribution < 1.29 is 4.21 Å². The van der Waals surface area contributed by atoms with Crippen molar-refractivity contribution in [1.82, 2.24) is 9.55 Å². The first-order valence-corrected chi connectivity index (χ1v) is 5.75. The smallest absolute Gasteiger partial charge is 0.237 e. The van der Waals surface area contributed by atoms with Crippen LogP contribution in [0.15, 0.2) is 16.8 Å². The third-order valence-corrected chi connectivity index (χ3v) is 4.32. The van der Waals surface area contributed by atoms with Gasteiger partial charge < -0.3 is 4.57 Å². The summed E-state index contributed by atoms with van der Waals surface area (Å²) in [7, 11) is -0.0383. The van der Waals surface area contributed by atoms with Crippen LogP contribution in [0.3, 0.4) is 0 Å². The molecule has 0 aliphatic carbocycles. The van der Waals surface area contributed by atoms with Gasteiger partial charge in [-0.15, -0.1) is 0 Å². The Kier molecular flexibility index (Phi) is 1.68. The quantitative estimate of drug-likeness (QED) is 0.653. The molecule has 0 aromatic carbocycles. The maximum atomic E-state index is 11.6. The van der Waals surface area contributed by atoms with E-state index < -0.39 is 9.73 Å². The Bertz CT molecular complexity index is 391. The highest BCUT2D eigenvalue weighted by molar-refractivity contribution is 7.95. The van der Waals surface area contributed by atoms with E-state index in [1.54, 1.807) is 17.0 Å². The molecule has 1 saturated heterocycles. The molecule has 2 rings (SSSR count). The van der Waals surface area contributed by atoms with Crippen molar-refractivity contribution in [1.29, 1.82) is 0 Å². The van der Waals surface area contributed by atoms with Crippen molar-refractivity contribution in [2.45, 2.75) is 6.42 Å². The summed E-state index contributed by atoms with van der Waals surface area (Å²) in [5.41, 5.74) is 0. The second-order valence-corrected chi connectivity index (χ2v) is 5.51. The lowest BCUT2D eigenvalue weighted by Gasteiger charge is -2.17. The zero-order chi connectivity index (χ0) is 8.60. The van der Waals surface area contributed by atoms with Crippen LogP contribution < -0.4 is 0 Å². The van der Waals surface area contributed by atoms with Crippen molar-refractivity contribution in [2.75, 3.05) is 11.5 Å². The van der Waals surface area contributed by atoms with Gasteiger partial charge in [0.2, 0.25) is 5.95 Å². The van der Waals surface area contributed by atoms with Crippen LogP contribution in [0.25, 0.3) is 0 Å². The Morgan fingerprint density at radius 2 is 2.42 bits per heavy atom. The molecular weight excluding hydrogens is 174 g/mol. The highest BCUT2D eigenvalue weighted by atomic mass is 32.2. The molecule has 0 N–H and O–H groups in total. The van der Waals surface area contributed by atoms with E-state index in [-0.39, 0.29) is 0 Å². The topological polar surface area (TPSA) is 47.2 Å². The standard InChI is InChI=1S/C7H11N3OS/c1-10-4-3-8-7(10)9-12(11)5-2-6-12/h3-4H,2,5-6H2,1H3. The van der Waals surface area contributed by atoms with E-state index in [2.05, 4.69) is 9.35 Å². The van der Waals surface area contributed by atoms with Crippen molar-refractivity contribution in [3.05, 3.63) is 12.4 Å². The first-order chi connectivity index (χ1) is 5.70. The average molecular weight is 185 g/mol. The number of rotatable bonds is 1. The number of hydrogen-bond donors (Lipinski definition) is 0. The predicted molar refractivity (Wildman–Crippen MR) is 47.8 cm³/mol. The molecule has 66 valence electrons. The van der Waals surface area contributed by atoms with Gasteiger partial charge in [-0.3, -0.25) is 0 Å². The normalized spacial score (nSPS) is 20.1. The van der Waals surface area contributed by atoms with Gasteiger partial charge in [-0.05, 0) is 6.42 Å². The Morgan fingerprint density at radius 3 is 2.83 bits per heavy atom. The molecule has 1 aromatic heterocycles. The van der Waals surface area contributed by atoms with Crippen LogP contribution in [0.1, 0.15) is 6.42 Å². The van der Waals surface area contributed by atoms with Gasteiger partial charge in [-0.25, -0.2) is 9.19 Å². The molecule has 0 radical (unpaired) electrons. The van der Waals surface area contributed by atoms with Crippen LogP contribution in [-0.4, -0.2) is 25.3 Å². The fourth-order valence-electron chi connectivity index (χ4n) is 1.08. The summed E-state index contributed by atoms with van der Waals surface area (Å²) in [5, 5.41) is 0. The number of aromatic nitrogens is 2. The second kappa shape index (κ2) is 2.58. The zero-order valence-electron chi connectivity index (χ0n) is 6.93. The molecular formula is C7H11N3OS. The van der Waals surface area contributed by atoms with Crippen LogP contribution in [0.4, 0.5) is 5.95 Å². The van der Waals surface area contributed by atoms with Crippen LogP contribution >= 0.6 is 0 Å². The number of imidazole rings is 1. The van der Waals surface area contributed by atoms with E-state index in [0.29, 0.717) is 5.95 Å². The van der Waals surface area contributed by atoms with Gasteiger partial charge in [0, 0.05) is 30.9 Å². The van der Waals surface area contributed by atoms with Gasteiger partial charge in [0.15, 0.2) is 0 Å². The van der Waals surface area contributed by atoms with Gasteiger partial charge in [0.25, 0.3) is 0 Å². The molecule has 1 aromatic rings. The fraction of sp³-hybridized carbons (Fsp3) is 0.571. The largest absolute Gasteiger partial charge is 0.318 e. The van der Waals surface area contributed by atoms with Gasteiger partial charge in [0.1, 0.15) is 0 Å². The second-order valence-electron chi connectivity index (χ2n) is 2.96. The summed E-state index contributed by atoms with van der Waals surface area (Å²) in [6.07, 6.45) is 4.51. The zero-order valence-corrected chi connectivity index (χ0v) is 7.75. The highest BCUT2D eigenvalue weighted by Gasteiger charge is 2.19. The molecule has 4 nitrogen and oxygen atoms in total. The summed E-state index contributed by atoms with van der Waals surface area (Å²) in [4.78, 5) is 4.00. The molecule has 0 saturated carbocycles. The van der Waals surface area contributed by atoms with Crippen LogP contribution in [0.5, 0.6) is 0 Å². The third-order valence-electron chi connectivity index (χ3n) is 1.97. The van der Waals surface area contributed by atoms with Gasteiger partial charge in [0.05, 0.1) is 9.73 Å². The molecule has 0 amide bonds. The minimum atomic E-state index is -1.89. The maximum absolute atomic E-state index is 11.6. The molecule has 0 unspecified atom stereocenters. The maximum Gasteiger partial charge on any atom is 0.237 e. The predicted octanol–water partition coefficient (Wildman–Crippen LogP) is 0.923. The van der Waals surface area contributed by atoms with Gasteiger partial charge in [-0.1, -0.05) is 0 Å². The highest BCUT2D eigenvalue weighted by Crippen LogP contribution is 2.18. The molecule has 2 heterocycles. The molecule has 12 heavy (non-hydrogen) atoms. The summed E-state index contributed by atoms with van der Waals surface area (Å²) >= 11 is 0. The Hall–Kier alpha value is -0.840. The number of nitrogens with zero attached hydrogens (tertiary/aromatic N) is 3. The fourth-order valence-corrected chi connectivity index (χ4v) is 2.52. The third kappa shape index (κ3) is 1.24. The molecule has 5 heteroatoms. The SMILES string of the molecule is Cn1ccnc1N=S1(=O)CCC1. The van der Waals surface area contributed by atoms with E-state index in [0.717, 1.165) is 17.9 Å². The first kappa shape index (κ1) is 7.79. The summed E-state index contributed by atoms with van der Waals surface area (Å²) in [6.45, 7) is 0. The summed E-state index contributed by atoms with van der Waals surface area (Å²) in [6, 6.07) is 0. The Labute approximate surface area is 71.8 Å². The number of aryl methyl sites for hydroxylation is 1. The van der Waals surface area contributed by atoms with Crippen molar-refractivity contribution >= 4 is 15.7 Å². The van der Waals surface area contributed by atoms with E-state index >= 15 is 0 Å². The molecule has 1 aliphatic heterocycles. The number of hydrogen-bond acceptors (Lipinski definition) is 3. The Balaban J connectivity index is 2.40. The minimum Gasteiger partial charge on any atom is -0.318 e.